The minimum Gasteiger partial charge on any atom is -0.507 e. The first kappa shape index (κ1) is 13.1. The van der Waals surface area contributed by atoms with Crippen LogP contribution in [0, 0.1) is 6.92 Å². The van der Waals surface area contributed by atoms with Gasteiger partial charge in [-0.15, -0.1) is 0 Å². The summed E-state index contributed by atoms with van der Waals surface area (Å²) >= 11 is 0. The highest BCUT2D eigenvalue weighted by molar-refractivity contribution is 5.94. The van der Waals surface area contributed by atoms with Crippen LogP contribution < -0.4 is 5.73 Å². The molecule has 0 fully saturated rings. The lowest BCUT2D eigenvalue weighted by Gasteiger charge is -2.10. The van der Waals surface area contributed by atoms with Crippen LogP contribution in [-0.4, -0.2) is 11.0 Å². The van der Waals surface area contributed by atoms with E-state index in [9.17, 15) is 9.90 Å². The van der Waals surface area contributed by atoms with Gasteiger partial charge >= 0.3 is 0 Å². The number of phenols is 1. The summed E-state index contributed by atoms with van der Waals surface area (Å²) < 4.78 is 0. The van der Waals surface area contributed by atoms with Gasteiger partial charge in [0.15, 0.2) is 0 Å². The second-order valence-corrected chi connectivity index (χ2v) is 4.59. The van der Waals surface area contributed by atoms with Gasteiger partial charge in [-0.3, -0.25) is 4.79 Å². The largest absolute Gasteiger partial charge is 0.507 e. The maximum Gasteiger partial charge on any atom is 0.248 e. The summed E-state index contributed by atoms with van der Waals surface area (Å²) in [6, 6.07) is 10.6. The summed E-state index contributed by atoms with van der Waals surface area (Å²) in [5, 5.41) is 9.95. The lowest BCUT2D eigenvalue weighted by atomic mass is 9.96. The summed E-state index contributed by atoms with van der Waals surface area (Å²) in [5.41, 5.74) is 9.63. The molecule has 2 aromatic rings. The standard InChI is InChI=1S/C16H17NO2/c1-3-11-8-12(5-4-10(11)2)14-9-13(16(17)19)6-7-15(14)18/h4-9,18H,3H2,1-2H3,(H2,17,19). The van der Waals surface area contributed by atoms with E-state index in [1.54, 1.807) is 6.07 Å². The fourth-order valence-corrected chi connectivity index (χ4v) is 2.14. The molecular weight excluding hydrogens is 238 g/mol. The van der Waals surface area contributed by atoms with E-state index in [-0.39, 0.29) is 5.75 Å². The second-order valence-electron chi connectivity index (χ2n) is 4.59. The number of aryl methyl sites for hydroxylation is 2. The van der Waals surface area contributed by atoms with Crippen molar-refractivity contribution in [2.75, 3.05) is 0 Å². The highest BCUT2D eigenvalue weighted by atomic mass is 16.3. The summed E-state index contributed by atoms with van der Waals surface area (Å²) in [6.07, 6.45) is 0.927. The normalized spacial score (nSPS) is 10.4. The van der Waals surface area contributed by atoms with Gasteiger partial charge in [0.2, 0.25) is 5.91 Å². The van der Waals surface area contributed by atoms with Crippen LogP contribution in [0.4, 0.5) is 0 Å². The maximum atomic E-state index is 11.2. The molecule has 98 valence electrons. The Morgan fingerprint density at radius 2 is 1.95 bits per heavy atom. The van der Waals surface area contributed by atoms with Gasteiger partial charge < -0.3 is 10.8 Å². The van der Waals surface area contributed by atoms with E-state index in [1.807, 2.05) is 18.2 Å². The van der Waals surface area contributed by atoms with Crippen LogP contribution in [0.5, 0.6) is 5.75 Å². The molecule has 0 atom stereocenters. The van der Waals surface area contributed by atoms with Gasteiger partial charge in [-0.1, -0.05) is 25.1 Å². The Kier molecular flexibility index (Phi) is 3.56. The Bertz CT molecular complexity index is 633. The van der Waals surface area contributed by atoms with Crippen LogP contribution in [0.1, 0.15) is 28.4 Å². The van der Waals surface area contributed by atoms with Gasteiger partial charge in [-0.05, 0) is 48.2 Å². The van der Waals surface area contributed by atoms with Crippen molar-refractivity contribution in [1.29, 1.82) is 0 Å². The Morgan fingerprint density at radius 3 is 2.58 bits per heavy atom. The van der Waals surface area contributed by atoms with Crippen molar-refractivity contribution >= 4 is 5.91 Å². The number of amides is 1. The first-order valence-corrected chi connectivity index (χ1v) is 6.25. The van der Waals surface area contributed by atoms with Crippen LogP contribution in [0.3, 0.4) is 0 Å². The van der Waals surface area contributed by atoms with E-state index in [0.29, 0.717) is 11.1 Å². The van der Waals surface area contributed by atoms with Crippen LogP contribution in [0.25, 0.3) is 11.1 Å². The van der Waals surface area contributed by atoms with E-state index < -0.39 is 5.91 Å². The average Bonchev–Trinajstić information content (AvgIpc) is 2.40. The van der Waals surface area contributed by atoms with Gasteiger partial charge in [0, 0.05) is 11.1 Å². The SMILES string of the molecule is CCc1cc(-c2cc(C(N)=O)ccc2O)ccc1C. The number of phenolic OH excluding ortho intramolecular Hbond substituents is 1. The van der Waals surface area contributed by atoms with E-state index in [4.69, 9.17) is 5.73 Å². The van der Waals surface area contributed by atoms with Crippen LogP contribution >= 0.6 is 0 Å². The topological polar surface area (TPSA) is 63.3 Å². The number of hydrogen-bond acceptors (Lipinski definition) is 2. The fraction of sp³-hybridized carbons (Fsp3) is 0.188. The quantitative estimate of drug-likeness (QED) is 0.885. The van der Waals surface area contributed by atoms with Gasteiger partial charge in [0.25, 0.3) is 0 Å². The third kappa shape index (κ3) is 2.60. The molecule has 0 spiro atoms. The summed E-state index contributed by atoms with van der Waals surface area (Å²) in [6.45, 7) is 4.15. The van der Waals surface area contributed by atoms with Gasteiger partial charge in [0.05, 0.1) is 0 Å². The molecule has 0 aliphatic carbocycles. The van der Waals surface area contributed by atoms with E-state index in [1.165, 1.54) is 23.3 Å². The van der Waals surface area contributed by atoms with E-state index in [0.717, 1.165) is 12.0 Å². The van der Waals surface area contributed by atoms with Gasteiger partial charge in [-0.25, -0.2) is 0 Å². The lowest BCUT2D eigenvalue weighted by Crippen LogP contribution is -2.10. The van der Waals surface area contributed by atoms with Crippen LogP contribution in [0.15, 0.2) is 36.4 Å². The molecule has 0 aliphatic heterocycles. The molecule has 3 N–H and O–H groups in total. The number of aromatic hydroxyl groups is 1. The Hall–Kier alpha value is -2.29. The average molecular weight is 255 g/mol. The van der Waals surface area contributed by atoms with E-state index >= 15 is 0 Å². The summed E-state index contributed by atoms with van der Waals surface area (Å²) in [7, 11) is 0. The third-order valence-electron chi connectivity index (χ3n) is 3.32. The molecule has 0 saturated heterocycles. The molecule has 0 radical (unpaired) electrons. The summed E-state index contributed by atoms with van der Waals surface area (Å²) in [4.78, 5) is 11.2. The zero-order valence-electron chi connectivity index (χ0n) is 11.1. The smallest absolute Gasteiger partial charge is 0.248 e. The zero-order chi connectivity index (χ0) is 14.0. The molecular formula is C16H17NO2. The molecule has 0 unspecified atom stereocenters. The predicted molar refractivity (Wildman–Crippen MR) is 76.2 cm³/mol. The molecule has 0 saturated carbocycles. The van der Waals surface area contributed by atoms with Crippen molar-refractivity contribution in [3.05, 3.63) is 53.1 Å². The second kappa shape index (κ2) is 5.14. The zero-order valence-corrected chi connectivity index (χ0v) is 11.1. The maximum absolute atomic E-state index is 11.2. The monoisotopic (exact) mass is 255 g/mol. The summed E-state index contributed by atoms with van der Waals surface area (Å²) in [5.74, 6) is -0.347. The molecule has 1 amide bonds. The highest BCUT2D eigenvalue weighted by Gasteiger charge is 2.09. The minimum atomic E-state index is -0.496. The number of hydrogen-bond donors (Lipinski definition) is 2. The molecule has 2 rings (SSSR count). The Labute approximate surface area is 112 Å². The molecule has 3 heteroatoms. The Morgan fingerprint density at radius 1 is 1.21 bits per heavy atom. The van der Waals surface area contributed by atoms with Crippen molar-refractivity contribution in [3.63, 3.8) is 0 Å². The number of rotatable bonds is 3. The highest BCUT2D eigenvalue weighted by Crippen LogP contribution is 2.31. The first-order valence-electron chi connectivity index (χ1n) is 6.25. The number of carbonyl (C=O) groups excluding carboxylic acids is 1. The van der Waals surface area contributed by atoms with Crippen molar-refractivity contribution in [3.8, 4) is 16.9 Å². The number of carbonyl (C=O) groups is 1. The van der Waals surface area contributed by atoms with Crippen molar-refractivity contribution in [2.24, 2.45) is 5.73 Å². The molecule has 0 heterocycles. The van der Waals surface area contributed by atoms with Gasteiger partial charge in [0.1, 0.15) is 5.75 Å². The van der Waals surface area contributed by atoms with Crippen molar-refractivity contribution < 1.29 is 9.90 Å². The predicted octanol–water partition coefficient (Wildman–Crippen LogP) is 3.03. The number of nitrogens with two attached hydrogens (primary N) is 1. The van der Waals surface area contributed by atoms with Crippen LogP contribution in [-0.2, 0) is 6.42 Å². The fourth-order valence-electron chi connectivity index (χ4n) is 2.14. The lowest BCUT2D eigenvalue weighted by molar-refractivity contribution is 0.100. The van der Waals surface area contributed by atoms with Crippen LogP contribution in [0.2, 0.25) is 0 Å². The number of benzene rings is 2. The molecule has 2 aromatic carbocycles. The molecule has 19 heavy (non-hydrogen) atoms. The van der Waals surface area contributed by atoms with Crippen molar-refractivity contribution in [1.82, 2.24) is 0 Å². The first-order chi connectivity index (χ1) is 9.02. The third-order valence-corrected chi connectivity index (χ3v) is 3.32. The minimum absolute atomic E-state index is 0.149. The number of primary amides is 1. The van der Waals surface area contributed by atoms with E-state index in [2.05, 4.69) is 13.8 Å². The van der Waals surface area contributed by atoms with Gasteiger partial charge in [-0.2, -0.15) is 0 Å². The van der Waals surface area contributed by atoms with Crippen molar-refractivity contribution in [2.45, 2.75) is 20.3 Å². The Balaban J connectivity index is 2.57. The molecule has 0 aromatic heterocycles. The molecule has 0 bridgehead atoms. The molecule has 0 aliphatic rings. The molecule has 3 nitrogen and oxygen atoms in total.